The van der Waals surface area contributed by atoms with Crippen molar-refractivity contribution in [2.24, 2.45) is 0 Å². The summed E-state index contributed by atoms with van der Waals surface area (Å²) < 4.78 is 0. The van der Waals surface area contributed by atoms with Gasteiger partial charge in [-0.05, 0) is 29.9 Å². The van der Waals surface area contributed by atoms with Crippen LogP contribution in [0.1, 0.15) is 5.56 Å². The number of fused-ring (bicyclic) bond motifs is 1. The maximum Gasteiger partial charge on any atom is 0.0704 e. The third-order valence-corrected chi connectivity index (χ3v) is 2.34. The number of aromatic nitrogens is 1. The van der Waals surface area contributed by atoms with Crippen molar-refractivity contribution in [3.05, 3.63) is 42.1 Å². The minimum Gasteiger partial charge on any atom is -0.256 e. The Hall–Kier alpha value is -1.02. The Kier molecular flexibility index (Phi) is 2.50. The van der Waals surface area contributed by atoms with Gasteiger partial charge in [0.2, 0.25) is 0 Å². The van der Waals surface area contributed by atoms with Crippen LogP contribution >= 0.6 is 12.6 Å². The van der Waals surface area contributed by atoms with E-state index in [0.717, 1.165) is 17.7 Å². The number of aryl methyl sites for hydroxylation is 1. The first-order chi connectivity index (χ1) is 6.42. The molecule has 0 aliphatic carbocycles. The summed E-state index contributed by atoms with van der Waals surface area (Å²) in [6.45, 7) is 0. The molecule has 0 amide bonds. The van der Waals surface area contributed by atoms with Crippen molar-refractivity contribution >= 4 is 23.5 Å². The number of nitrogens with zero attached hydrogens (tertiary/aromatic N) is 1. The summed E-state index contributed by atoms with van der Waals surface area (Å²) in [5, 5.41) is 1.25. The molecular weight excluding hydrogens is 178 g/mol. The molecule has 0 aliphatic rings. The molecule has 13 heavy (non-hydrogen) atoms. The van der Waals surface area contributed by atoms with Gasteiger partial charge in [-0.1, -0.05) is 18.2 Å². The van der Waals surface area contributed by atoms with Gasteiger partial charge >= 0.3 is 0 Å². The second-order valence-electron chi connectivity index (χ2n) is 2.96. The van der Waals surface area contributed by atoms with Crippen LogP contribution in [0.4, 0.5) is 0 Å². The van der Waals surface area contributed by atoms with Crippen molar-refractivity contribution in [2.45, 2.75) is 6.42 Å². The van der Waals surface area contributed by atoms with Gasteiger partial charge < -0.3 is 0 Å². The van der Waals surface area contributed by atoms with Gasteiger partial charge in [0, 0.05) is 11.6 Å². The standard InChI is InChI=1S/C11H11NS/c13-8-6-9-5-7-12-11-4-2-1-3-10(9)11/h1-5,7,13H,6,8H2. The Balaban J connectivity index is 2.61. The van der Waals surface area contributed by atoms with E-state index in [-0.39, 0.29) is 0 Å². The Morgan fingerprint density at radius 2 is 2.00 bits per heavy atom. The molecule has 0 saturated heterocycles. The highest BCUT2D eigenvalue weighted by atomic mass is 32.1. The van der Waals surface area contributed by atoms with E-state index in [1.807, 2.05) is 24.4 Å². The van der Waals surface area contributed by atoms with Crippen LogP contribution in [0.15, 0.2) is 36.5 Å². The van der Waals surface area contributed by atoms with Gasteiger partial charge in [-0.15, -0.1) is 0 Å². The molecule has 0 atom stereocenters. The van der Waals surface area contributed by atoms with Crippen LogP contribution in [0.3, 0.4) is 0 Å². The van der Waals surface area contributed by atoms with Crippen LogP contribution in [0.2, 0.25) is 0 Å². The van der Waals surface area contributed by atoms with Crippen LogP contribution in [-0.4, -0.2) is 10.7 Å². The fourth-order valence-electron chi connectivity index (χ4n) is 1.49. The van der Waals surface area contributed by atoms with Crippen LogP contribution in [0.25, 0.3) is 10.9 Å². The number of hydrogen-bond acceptors (Lipinski definition) is 2. The first kappa shape index (κ1) is 8.57. The Morgan fingerprint density at radius 3 is 2.85 bits per heavy atom. The lowest BCUT2D eigenvalue weighted by molar-refractivity contribution is 1.17. The maximum absolute atomic E-state index is 4.30. The summed E-state index contributed by atoms with van der Waals surface area (Å²) in [7, 11) is 0. The Labute approximate surface area is 83.2 Å². The molecule has 66 valence electrons. The zero-order valence-electron chi connectivity index (χ0n) is 7.27. The molecule has 0 N–H and O–H groups in total. The zero-order valence-corrected chi connectivity index (χ0v) is 8.17. The molecule has 0 saturated carbocycles. The van der Waals surface area contributed by atoms with Crippen molar-refractivity contribution < 1.29 is 0 Å². The highest BCUT2D eigenvalue weighted by Crippen LogP contribution is 2.16. The quantitative estimate of drug-likeness (QED) is 0.717. The van der Waals surface area contributed by atoms with Gasteiger partial charge in [-0.2, -0.15) is 12.6 Å². The average Bonchev–Trinajstić information content (AvgIpc) is 2.19. The first-order valence-electron chi connectivity index (χ1n) is 4.35. The average molecular weight is 189 g/mol. The summed E-state index contributed by atoms with van der Waals surface area (Å²) in [6, 6.07) is 10.3. The van der Waals surface area contributed by atoms with Crippen molar-refractivity contribution in [3.8, 4) is 0 Å². The number of hydrogen-bond donors (Lipinski definition) is 1. The molecule has 0 spiro atoms. The van der Waals surface area contributed by atoms with E-state index >= 15 is 0 Å². The van der Waals surface area contributed by atoms with Crippen molar-refractivity contribution in [1.82, 2.24) is 4.98 Å². The van der Waals surface area contributed by atoms with Crippen LogP contribution in [0, 0.1) is 0 Å². The highest BCUT2D eigenvalue weighted by Gasteiger charge is 1.98. The molecule has 1 nitrogen and oxygen atoms in total. The number of pyridine rings is 1. The third kappa shape index (κ3) is 1.68. The van der Waals surface area contributed by atoms with Gasteiger partial charge in [0.25, 0.3) is 0 Å². The Morgan fingerprint density at radius 1 is 1.15 bits per heavy atom. The Bertz CT molecular complexity index is 406. The fourth-order valence-corrected chi connectivity index (χ4v) is 1.73. The summed E-state index contributed by atoms with van der Waals surface area (Å²) in [6.07, 6.45) is 2.87. The van der Waals surface area contributed by atoms with E-state index in [2.05, 4.69) is 29.7 Å². The predicted octanol–water partition coefficient (Wildman–Crippen LogP) is 2.71. The summed E-state index contributed by atoms with van der Waals surface area (Å²) in [5.41, 5.74) is 2.40. The largest absolute Gasteiger partial charge is 0.256 e. The SMILES string of the molecule is SCCc1ccnc2ccccc12. The minimum absolute atomic E-state index is 0.883. The topological polar surface area (TPSA) is 12.9 Å². The zero-order chi connectivity index (χ0) is 9.10. The van der Waals surface area contributed by atoms with E-state index in [0.29, 0.717) is 0 Å². The van der Waals surface area contributed by atoms with Gasteiger partial charge in [0.15, 0.2) is 0 Å². The number of para-hydroxylation sites is 1. The molecule has 2 rings (SSSR count). The summed E-state index contributed by atoms with van der Waals surface area (Å²) >= 11 is 4.24. The fraction of sp³-hybridized carbons (Fsp3) is 0.182. The van der Waals surface area contributed by atoms with E-state index in [4.69, 9.17) is 0 Å². The van der Waals surface area contributed by atoms with Gasteiger partial charge in [-0.25, -0.2) is 0 Å². The van der Waals surface area contributed by atoms with E-state index in [1.165, 1.54) is 10.9 Å². The smallest absolute Gasteiger partial charge is 0.0704 e. The second kappa shape index (κ2) is 3.79. The van der Waals surface area contributed by atoms with Gasteiger partial charge in [-0.3, -0.25) is 4.98 Å². The normalized spacial score (nSPS) is 10.5. The van der Waals surface area contributed by atoms with E-state index in [1.54, 1.807) is 0 Å². The van der Waals surface area contributed by atoms with Crippen molar-refractivity contribution in [2.75, 3.05) is 5.75 Å². The molecular formula is C11H11NS. The number of benzene rings is 1. The molecule has 0 unspecified atom stereocenters. The first-order valence-corrected chi connectivity index (χ1v) is 4.98. The molecule has 1 heterocycles. The molecule has 2 heteroatoms. The summed E-state index contributed by atoms with van der Waals surface area (Å²) in [5.74, 6) is 0.883. The summed E-state index contributed by atoms with van der Waals surface area (Å²) in [4.78, 5) is 4.30. The molecule has 0 bridgehead atoms. The molecule has 0 aliphatic heterocycles. The van der Waals surface area contributed by atoms with Gasteiger partial charge in [0.1, 0.15) is 0 Å². The number of thiol groups is 1. The lowest BCUT2D eigenvalue weighted by atomic mass is 10.1. The molecule has 1 aromatic carbocycles. The highest BCUT2D eigenvalue weighted by molar-refractivity contribution is 7.80. The van der Waals surface area contributed by atoms with Crippen molar-refractivity contribution in [3.63, 3.8) is 0 Å². The lowest BCUT2D eigenvalue weighted by Crippen LogP contribution is -1.89. The van der Waals surface area contributed by atoms with Gasteiger partial charge in [0.05, 0.1) is 5.52 Å². The van der Waals surface area contributed by atoms with Crippen LogP contribution in [0.5, 0.6) is 0 Å². The predicted molar refractivity (Wildman–Crippen MR) is 59.3 cm³/mol. The van der Waals surface area contributed by atoms with Crippen LogP contribution < -0.4 is 0 Å². The maximum atomic E-state index is 4.30. The van der Waals surface area contributed by atoms with Crippen LogP contribution in [-0.2, 0) is 6.42 Å². The molecule has 0 fully saturated rings. The molecule has 2 aromatic rings. The second-order valence-corrected chi connectivity index (χ2v) is 3.41. The lowest BCUT2D eigenvalue weighted by Gasteiger charge is -2.02. The third-order valence-electron chi connectivity index (χ3n) is 2.12. The minimum atomic E-state index is 0.883. The van der Waals surface area contributed by atoms with Crippen molar-refractivity contribution in [1.29, 1.82) is 0 Å². The number of rotatable bonds is 2. The molecule has 0 radical (unpaired) electrons. The van der Waals surface area contributed by atoms with E-state index < -0.39 is 0 Å². The monoisotopic (exact) mass is 189 g/mol. The van der Waals surface area contributed by atoms with E-state index in [9.17, 15) is 0 Å². The molecule has 1 aromatic heterocycles.